The summed E-state index contributed by atoms with van der Waals surface area (Å²) in [5, 5.41) is 9.07. The molecule has 2 aromatic rings. The van der Waals surface area contributed by atoms with E-state index in [1.54, 1.807) is 0 Å². The molecule has 152 valence electrons. The van der Waals surface area contributed by atoms with Gasteiger partial charge in [0.1, 0.15) is 17.6 Å². The second-order valence-corrected chi connectivity index (χ2v) is 8.25. The highest BCUT2D eigenvalue weighted by Gasteiger charge is 2.30. The Bertz CT molecular complexity index is 915. The summed E-state index contributed by atoms with van der Waals surface area (Å²) in [6, 6.07) is 12.5. The van der Waals surface area contributed by atoms with Gasteiger partial charge in [-0.15, -0.1) is 0 Å². The summed E-state index contributed by atoms with van der Waals surface area (Å²) >= 11 is 0. The van der Waals surface area contributed by atoms with Crippen LogP contribution in [0, 0.1) is 0 Å². The topological polar surface area (TPSA) is 65.0 Å². The van der Waals surface area contributed by atoms with Crippen LogP contribution in [-0.4, -0.2) is 30.9 Å². The monoisotopic (exact) mass is 394 g/mol. The molecule has 1 fully saturated rings. The summed E-state index contributed by atoms with van der Waals surface area (Å²) in [5.74, 6) is 1.26. The van der Waals surface area contributed by atoms with E-state index in [0.29, 0.717) is 12.5 Å². The van der Waals surface area contributed by atoms with Crippen molar-refractivity contribution in [3.63, 3.8) is 0 Å². The van der Waals surface area contributed by atoms with E-state index in [4.69, 9.17) is 19.3 Å². The van der Waals surface area contributed by atoms with E-state index in [9.17, 15) is 4.79 Å². The van der Waals surface area contributed by atoms with Gasteiger partial charge in [-0.05, 0) is 54.4 Å². The van der Waals surface area contributed by atoms with E-state index in [-0.39, 0.29) is 18.4 Å². The van der Waals surface area contributed by atoms with E-state index in [1.807, 2.05) is 18.2 Å². The molecule has 1 N–H and O–H groups in total. The normalized spacial score (nSPS) is 23.3. The maximum absolute atomic E-state index is 11.0. The number of carboxylic acids is 1. The van der Waals surface area contributed by atoms with E-state index in [1.165, 1.54) is 16.7 Å². The maximum atomic E-state index is 11.0. The first kappa shape index (κ1) is 18.5. The molecule has 0 spiro atoms. The lowest BCUT2D eigenvalue weighted by Gasteiger charge is -2.25. The minimum atomic E-state index is -0.797. The molecular weight excluding hydrogens is 368 g/mol. The Hall–Kier alpha value is -2.53. The van der Waals surface area contributed by atoms with Crippen molar-refractivity contribution in [3.8, 4) is 11.5 Å². The quantitative estimate of drug-likeness (QED) is 0.803. The third-order valence-corrected chi connectivity index (χ3v) is 6.48. The molecule has 5 rings (SSSR count). The van der Waals surface area contributed by atoms with Gasteiger partial charge < -0.3 is 19.3 Å². The number of aliphatic carboxylic acids is 1. The zero-order chi connectivity index (χ0) is 19.8. The lowest BCUT2D eigenvalue weighted by molar-refractivity contribution is -0.137. The second-order valence-electron chi connectivity index (χ2n) is 8.25. The Labute approximate surface area is 170 Å². The van der Waals surface area contributed by atoms with Crippen molar-refractivity contribution in [3.05, 3.63) is 58.7 Å². The Balaban J connectivity index is 1.34. The summed E-state index contributed by atoms with van der Waals surface area (Å²) in [6.07, 6.45) is 4.38. The summed E-state index contributed by atoms with van der Waals surface area (Å²) < 4.78 is 17.6. The predicted octanol–water partition coefficient (Wildman–Crippen LogP) is 4.60. The van der Waals surface area contributed by atoms with Gasteiger partial charge in [-0.2, -0.15) is 0 Å². The van der Waals surface area contributed by atoms with Crippen LogP contribution in [0.25, 0.3) is 0 Å². The molecule has 2 aromatic carbocycles. The largest absolute Gasteiger partial charge is 0.492 e. The molecule has 1 saturated heterocycles. The summed E-state index contributed by atoms with van der Waals surface area (Å²) in [7, 11) is 0. The summed E-state index contributed by atoms with van der Waals surface area (Å²) in [4.78, 5) is 11.0. The van der Waals surface area contributed by atoms with Gasteiger partial charge >= 0.3 is 5.97 Å². The lowest BCUT2D eigenvalue weighted by Crippen LogP contribution is -2.15. The highest BCUT2D eigenvalue weighted by Crippen LogP contribution is 2.43. The minimum absolute atomic E-state index is 0.0547. The lowest BCUT2D eigenvalue weighted by atomic mass is 9.87. The van der Waals surface area contributed by atoms with Crippen molar-refractivity contribution in [1.29, 1.82) is 0 Å². The SMILES string of the molecule is O=C(O)CC1COc2cc(OC3CCc4c(C5CCOCC5)cccc43)ccc21. The van der Waals surface area contributed by atoms with E-state index in [2.05, 4.69) is 18.2 Å². The molecule has 29 heavy (non-hydrogen) atoms. The number of rotatable bonds is 5. The van der Waals surface area contributed by atoms with Crippen LogP contribution in [-0.2, 0) is 16.0 Å². The first-order chi connectivity index (χ1) is 14.2. The summed E-state index contributed by atoms with van der Waals surface area (Å²) in [6.45, 7) is 2.13. The third-order valence-electron chi connectivity index (χ3n) is 6.48. The molecule has 0 saturated carbocycles. The molecule has 2 unspecified atom stereocenters. The number of hydrogen-bond acceptors (Lipinski definition) is 4. The molecule has 0 bridgehead atoms. The van der Waals surface area contributed by atoms with E-state index >= 15 is 0 Å². The van der Waals surface area contributed by atoms with Crippen LogP contribution in [0.4, 0.5) is 0 Å². The van der Waals surface area contributed by atoms with Crippen LogP contribution < -0.4 is 9.47 Å². The third kappa shape index (κ3) is 3.60. The number of benzene rings is 2. The molecule has 1 aliphatic carbocycles. The fraction of sp³-hybridized carbons (Fsp3) is 0.458. The van der Waals surface area contributed by atoms with Crippen molar-refractivity contribution in [2.45, 2.75) is 50.0 Å². The standard InChI is InChI=1S/C24H26O5/c25-24(26)12-16-14-28-23-13-17(4-5-19(16)23)29-22-7-6-20-18(2-1-3-21(20)22)15-8-10-27-11-9-15/h1-5,13,15-16,22H,6-12,14H2,(H,25,26). The zero-order valence-corrected chi connectivity index (χ0v) is 16.4. The fourth-order valence-corrected chi connectivity index (χ4v) is 5.03. The van der Waals surface area contributed by atoms with Crippen LogP contribution >= 0.6 is 0 Å². The number of hydrogen-bond donors (Lipinski definition) is 1. The minimum Gasteiger partial charge on any atom is -0.492 e. The Morgan fingerprint density at radius 3 is 2.72 bits per heavy atom. The van der Waals surface area contributed by atoms with Gasteiger partial charge in [0, 0.05) is 30.8 Å². The molecule has 2 atom stereocenters. The fourth-order valence-electron chi connectivity index (χ4n) is 5.03. The second kappa shape index (κ2) is 7.71. The van der Waals surface area contributed by atoms with Crippen LogP contribution in [0.3, 0.4) is 0 Å². The van der Waals surface area contributed by atoms with Gasteiger partial charge in [-0.3, -0.25) is 4.79 Å². The Morgan fingerprint density at radius 2 is 1.90 bits per heavy atom. The number of carbonyl (C=O) groups is 1. The van der Waals surface area contributed by atoms with Crippen molar-refractivity contribution >= 4 is 5.97 Å². The van der Waals surface area contributed by atoms with Gasteiger partial charge in [0.25, 0.3) is 0 Å². The van der Waals surface area contributed by atoms with Gasteiger partial charge in [0.05, 0.1) is 13.0 Å². The van der Waals surface area contributed by atoms with Crippen LogP contribution in [0.15, 0.2) is 36.4 Å². The average molecular weight is 394 g/mol. The van der Waals surface area contributed by atoms with Gasteiger partial charge in [0.2, 0.25) is 0 Å². The highest BCUT2D eigenvalue weighted by molar-refractivity contribution is 5.68. The number of ether oxygens (including phenoxy) is 3. The van der Waals surface area contributed by atoms with Crippen molar-refractivity contribution in [2.24, 2.45) is 0 Å². The Kier molecular flexibility index (Phi) is 4.92. The molecule has 2 heterocycles. The first-order valence-electron chi connectivity index (χ1n) is 10.5. The zero-order valence-electron chi connectivity index (χ0n) is 16.4. The van der Waals surface area contributed by atoms with Crippen LogP contribution in [0.5, 0.6) is 11.5 Å². The van der Waals surface area contributed by atoms with Crippen molar-refractivity contribution < 1.29 is 24.1 Å². The highest BCUT2D eigenvalue weighted by atomic mass is 16.5. The van der Waals surface area contributed by atoms with Crippen molar-refractivity contribution in [2.75, 3.05) is 19.8 Å². The average Bonchev–Trinajstić information content (AvgIpc) is 3.32. The molecule has 5 heteroatoms. The molecule has 3 aliphatic rings. The van der Waals surface area contributed by atoms with Gasteiger partial charge in [-0.25, -0.2) is 0 Å². The van der Waals surface area contributed by atoms with Gasteiger partial charge in [-0.1, -0.05) is 24.3 Å². The van der Waals surface area contributed by atoms with E-state index in [0.717, 1.165) is 56.0 Å². The van der Waals surface area contributed by atoms with Crippen LogP contribution in [0.2, 0.25) is 0 Å². The molecular formula is C24H26O5. The number of fused-ring (bicyclic) bond motifs is 2. The van der Waals surface area contributed by atoms with Crippen LogP contribution in [0.1, 0.15) is 65.9 Å². The van der Waals surface area contributed by atoms with Gasteiger partial charge in [0.15, 0.2) is 0 Å². The molecule has 5 nitrogen and oxygen atoms in total. The Morgan fingerprint density at radius 1 is 1.07 bits per heavy atom. The van der Waals surface area contributed by atoms with E-state index < -0.39 is 5.97 Å². The predicted molar refractivity (Wildman–Crippen MR) is 108 cm³/mol. The smallest absolute Gasteiger partial charge is 0.304 e. The molecule has 2 aliphatic heterocycles. The molecule has 0 radical (unpaired) electrons. The molecule has 0 aromatic heterocycles. The maximum Gasteiger partial charge on any atom is 0.304 e. The van der Waals surface area contributed by atoms with Crippen molar-refractivity contribution in [1.82, 2.24) is 0 Å². The summed E-state index contributed by atoms with van der Waals surface area (Å²) in [5.41, 5.74) is 5.21. The molecule has 0 amide bonds. The number of carboxylic acid groups (broad SMARTS) is 1. The first-order valence-corrected chi connectivity index (χ1v) is 10.5.